The molecule has 0 amide bonds. The summed E-state index contributed by atoms with van der Waals surface area (Å²) >= 11 is 0. The Morgan fingerprint density at radius 1 is 1.09 bits per heavy atom. The Hall–Kier alpha value is -2.47. The number of unbranched alkanes of at least 4 members (excludes halogenated alkanes) is 1. The van der Waals surface area contributed by atoms with Gasteiger partial charge >= 0.3 is 5.97 Å². The van der Waals surface area contributed by atoms with Crippen LogP contribution in [0.2, 0.25) is 0 Å². The van der Waals surface area contributed by atoms with E-state index in [1.807, 2.05) is 19.9 Å². The summed E-state index contributed by atoms with van der Waals surface area (Å²) in [6.07, 6.45) is 3.45. The second-order valence-electron chi connectivity index (χ2n) is 9.88. The molecule has 0 bridgehead atoms. The number of carboxylic acids is 1. The van der Waals surface area contributed by atoms with E-state index in [-0.39, 0.29) is 12.0 Å². The first-order valence-corrected chi connectivity index (χ1v) is 11.8. The summed E-state index contributed by atoms with van der Waals surface area (Å²) in [7, 11) is 0. The van der Waals surface area contributed by atoms with Crippen LogP contribution in [-0.4, -0.2) is 22.8 Å². The van der Waals surface area contributed by atoms with E-state index in [0.717, 1.165) is 36.6 Å². The van der Waals surface area contributed by atoms with Gasteiger partial charge in [-0.1, -0.05) is 19.4 Å². The van der Waals surface area contributed by atoms with Gasteiger partial charge in [0.2, 0.25) is 0 Å². The molecule has 178 valence electrons. The van der Waals surface area contributed by atoms with Crippen LogP contribution in [0.4, 0.5) is 8.78 Å². The molecule has 2 heterocycles. The first kappa shape index (κ1) is 23.7. The van der Waals surface area contributed by atoms with Crippen molar-refractivity contribution >= 4 is 5.97 Å². The van der Waals surface area contributed by atoms with Gasteiger partial charge in [0.1, 0.15) is 23.0 Å². The number of ether oxygens (including phenoxy) is 2. The van der Waals surface area contributed by atoms with Gasteiger partial charge < -0.3 is 14.6 Å². The smallest absolute Gasteiger partial charge is 0.309 e. The predicted molar refractivity (Wildman–Crippen MR) is 121 cm³/mol. The minimum Gasteiger partial charge on any atom is -0.487 e. The third-order valence-electron chi connectivity index (χ3n) is 7.07. The highest BCUT2D eigenvalue weighted by atomic mass is 19.1. The topological polar surface area (TPSA) is 55.8 Å². The number of benzene rings is 2. The lowest BCUT2D eigenvalue weighted by Gasteiger charge is -2.50. The van der Waals surface area contributed by atoms with Gasteiger partial charge in [-0.2, -0.15) is 0 Å². The summed E-state index contributed by atoms with van der Waals surface area (Å²) in [4.78, 5) is 12.1. The molecule has 2 aliphatic heterocycles. The van der Waals surface area contributed by atoms with E-state index in [1.165, 1.54) is 17.7 Å². The molecule has 1 N–H and O–H groups in total. The monoisotopic (exact) mass is 458 g/mol. The average Bonchev–Trinajstić information content (AvgIpc) is 2.75. The zero-order valence-electron chi connectivity index (χ0n) is 19.4. The van der Waals surface area contributed by atoms with E-state index in [9.17, 15) is 18.7 Å². The van der Waals surface area contributed by atoms with E-state index in [2.05, 4.69) is 19.1 Å². The van der Waals surface area contributed by atoms with Crippen LogP contribution in [0.3, 0.4) is 0 Å². The minimum atomic E-state index is -0.915. The number of fused-ring (bicyclic) bond motifs is 3. The number of halogens is 2. The molecule has 0 saturated carbocycles. The highest BCUT2D eigenvalue weighted by Crippen LogP contribution is 2.52. The molecule has 4 nitrogen and oxygen atoms in total. The molecule has 2 aromatic carbocycles. The fourth-order valence-electron chi connectivity index (χ4n) is 5.27. The van der Waals surface area contributed by atoms with Crippen LogP contribution in [0.15, 0.2) is 36.4 Å². The van der Waals surface area contributed by atoms with Crippen LogP contribution < -0.4 is 4.74 Å². The predicted octanol–water partition coefficient (Wildman–Crippen LogP) is 6.26. The van der Waals surface area contributed by atoms with Crippen LogP contribution in [0.25, 0.3) is 0 Å². The van der Waals surface area contributed by atoms with Crippen molar-refractivity contribution in [1.29, 1.82) is 0 Å². The molecule has 1 saturated heterocycles. The summed E-state index contributed by atoms with van der Waals surface area (Å²) in [6.45, 7) is 6.12. The maximum Gasteiger partial charge on any atom is 0.309 e. The van der Waals surface area contributed by atoms with Gasteiger partial charge in [0.05, 0.1) is 18.1 Å². The van der Waals surface area contributed by atoms with Crippen molar-refractivity contribution in [3.63, 3.8) is 0 Å². The van der Waals surface area contributed by atoms with Gasteiger partial charge in [-0.3, -0.25) is 4.79 Å². The van der Waals surface area contributed by atoms with Crippen molar-refractivity contribution in [3.8, 4) is 5.75 Å². The molecule has 1 fully saturated rings. The SMILES string of the molecule is CCCCc1ccc2c(c1)[C@H]1O[C@@H](CCc3cc(F)cc(F)c3)[C@H](C(=O)O)C[C@@H]1C(C)(C)O2. The molecule has 0 aromatic heterocycles. The average molecular weight is 459 g/mol. The molecule has 4 rings (SSSR count). The van der Waals surface area contributed by atoms with Crippen LogP contribution in [0, 0.1) is 23.5 Å². The van der Waals surface area contributed by atoms with Crippen molar-refractivity contribution < 1.29 is 28.2 Å². The number of carboxylic acid groups (broad SMARTS) is 1. The van der Waals surface area contributed by atoms with Crippen LogP contribution in [-0.2, 0) is 22.4 Å². The molecule has 0 radical (unpaired) electrons. The Balaban J connectivity index is 1.62. The molecule has 4 atom stereocenters. The molecule has 0 unspecified atom stereocenters. The Labute approximate surface area is 193 Å². The van der Waals surface area contributed by atoms with Crippen molar-refractivity contribution in [2.45, 2.75) is 77.1 Å². The summed E-state index contributed by atoms with van der Waals surface area (Å²) in [5, 5.41) is 9.95. The molecular formula is C27H32F2O4. The Morgan fingerprint density at radius 2 is 1.82 bits per heavy atom. The van der Waals surface area contributed by atoms with Crippen molar-refractivity contribution in [2.75, 3.05) is 0 Å². The van der Waals surface area contributed by atoms with Gasteiger partial charge in [-0.15, -0.1) is 0 Å². The molecule has 0 spiro atoms. The van der Waals surface area contributed by atoms with Crippen molar-refractivity contribution in [2.24, 2.45) is 11.8 Å². The largest absolute Gasteiger partial charge is 0.487 e. The van der Waals surface area contributed by atoms with Gasteiger partial charge in [0.25, 0.3) is 0 Å². The van der Waals surface area contributed by atoms with Gasteiger partial charge in [0, 0.05) is 17.5 Å². The molecule has 33 heavy (non-hydrogen) atoms. The number of aryl methyl sites for hydroxylation is 2. The summed E-state index contributed by atoms with van der Waals surface area (Å²) in [6, 6.07) is 9.63. The fourth-order valence-corrected chi connectivity index (χ4v) is 5.27. The van der Waals surface area contributed by atoms with Crippen LogP contribution in [0.1, 0.15) is 69.2 Å². The van der Waals surface area contributed by atoms with Gasteiger partial charge in [-0.05, 0) is 81.3 Å². The lowest BCUT2D eigenvalue weighted by Crippen LogP contribution is -2.52. The van der Waals surface area contributed by atoms with E-state index in [0.29, 0.717) is 24.8 Å². The standard InChI is InChI=1S/C27H32F2O4/c1-4-5-6-16-7-10-24-20(13-16)25-22(27(2,3)33-24)15-21(26(30)31)23(32-25)9-8-17-11-18(28)14-19(29)12-17/h7,10-14,21-23,25H,4-6,8-9,15H2,1-3H3,(H,30,31)/t21-,22+,23+,25-/m1/s1. The Kier molecular flexibility index (Phi) is 6.76. The van der Waals surface area contributed by atoms with Crippen molar-refractivity contribution in [3.05, 3.63) is 64.7 Å². The molecule has 0 aliphatic carbocycles. The zero-order chi connectivity index (χ0) is 23.8. The molecule has 6 heteroatoms. The first-order chi connectivity index (χ1) is 15.7. The summed E-state index contributed by atoms with van der Waals surface area (Å²) < 4.78 is 40.1. The molecular weight excluding hydrogens is 426 g/mol. The normalized spacial score (nSPS) is 25.6. The minimum absolute atomic E-state index is 0.115. The fraction of sp³-hybridized carbons (Fsp3) is 0.519. The second kappa shape index (κ2) is 9.41. The maximum atomic E-state index is 13.6. The van der Waals surface area contributed by atoms with E-state index < -0.39 is 35.2 Å². The Morgan fingerprint density at radius 3 is 2.48 bits per heavy atom. The third kappa shape index (κ3) is 5.06. The summed E-state index contributed by atoms with van der Waals surface area (Å²) in [5.41, 5.74) is 2.11. The second-order valence-corrected chi connectivity index (χ2v) is 9.88. The number of carbonyl (C=O) groups is 1. The molecule has 2 aromatic rings. The van der Waals surface area contributed by atoms with E-state index in [4.69, 9.17) is 9.47 Å². The lowest BCUT2D eigenvalue weighted by molar-refractivity contribution is -0.188. The van der Waals surface area contributed by atoms with Gasteiger partial charge in [-0.25, -0.2) is 8.78 Å². The highest BCUT2D eigenvalue weighted by molar-refractivity contribution is 5.71. The van der Waals surface area contributed by atoms with E-state index in [1.54, 1.807) is 0 Å². The first-order valence-electron chi connectivity index (χ1n) is 11.8. The molecule has 2 aliphatic rings. The number of hydrogen-bond donors (Lipinski definition) is 1. The summed E-state index contributed by atoms with van der Waals surface area (Å²) in [5.74, 6) is -2.23. The lowest BCUT2D eigenvalue weighted by atomic mass is 9.71. The number of hydrogen-bond acceptors (Lipinski definition) is 3. The van der Waals surface area contributed by atoms with Crippen LogP contribution in [0.5, 0.6) is 5.75 Å². The number of rotatable bonds is 7. The third-order valence-corrected chi connectivity index (χ3v) is 7.07. The van der Waals surface area contributed by atoms with Crippen LogP contribution >= 0.6 is 0 Å². The number of aliphatic carboxylic acids is 1. The highest BCUT2D eigenvalue weighted by Gasteiger charge is 2.51. The Bertz CT molecular complexity index is 999. The van der Waals surface area contributed by atoms with Gasteiger partial charge in [0.15, 0.2) is 0 Å². The zero-order valence-corrected chi connectivity index (χ0v) is 19.4. The van der Waals surface area contributed by atoms with E-state index >= 15 is 0 Å². The van der Waals surface area contributed by atoms with Crippen molar-refractivity contribution in [1.82, 2.24) is 0 Å². The maximum absolute atomic E-state index is 13.6. The quantitative estimate of drug-likeness (QED) is 0.532.